The Morgan fingerprint density at radius 2 is 2.07 bits per heavy atom. The van der Waals surface area contributed by atoms with Crippen molar-refractivity contribution in [1.29, 1.82) is 0 Å². The monoisotopic (exact) mass is 209 g/mol. The van der Waals surface area contributed by atoms with E-state index >= 15 is 0 Å². The van der Waals surface area contributed by atoms with Crippen LogP contribution in [-0.2, 0) is 0 Å². The van der Waals surface area contributed by atoms with Gasteiger partial charge in [0.15, 0.2) is 11.6 Å². The number of hydrogen-bond donors (Lipinski definition) is 0. The van der Waals surface area contributed by atoms with Gasteiger partial charge in [0.1, 0.15) is 12.7 Å². The number of rotatable bonds is 1. The van der Waals surface area contributed by atoms with Gasteiger partial charge in [0, 0.05) is 5.56 Å². The summed E-state index contributed by atoms with van der Waals surface area (Å²) in [7, 11) is 0. The SMILES string of the molecule is O=C(c1ccc(F)c(F)c1)n1cncn1. The van der Waals surface area contributed by atoms with Crippen LogP contribution in [0.2, 0.25) is 0 Å². The molecule has 0 amide bonds. The van der Waals surface area contributed by atoms with Gasteiger partial charge in [-0.2, -0.15) is 9.78 Å². The maximum Gasteiger partial charge on any atom is 0.279 e. The third-order valence-electron chi connectivity index (χ3n) is 1.79. The summed E-state index contributed by atoms with van der Waals surface area (Å²) in [6, 6.07) is 2.89. The van der Waals surface area contributed by atoms with Crippen molar-refractivity contribution in [1.82, 2.24) is 14.8 Å². The van der Waals surface area contributed by atoms with Gasteiger partial charge < -0.3 is 0 Å². The van der Waals surface area contributed by atoms with Gasteiger partial charge in [0.25, 0.3) is 5.91 Å². The minimum atomic E-state index is -1.07. The summed E-state index contributed by atoms with van der Waals surface area (Å²) in [4.78, 5) is 15.1. The predicted octanol–water partition coefficient (Wildman–Crippen LogP) is 1.24. The number of carbonyl (C=O) groups excluding carboxylic acids is 1. The van der Waals surface area contributed by atoms with Gasteiger partial charge >= 0.3 is 0 Å². The standard InChI is InChI=1S/C9H5F2N3O/c10-7-2-1-6(3-8(7)11)9(15)14-5-12-4-13-14/h1-5H. The van der Waals surface area contributed by atoms with Gasteiger partial charge in [-0.15, -0.1) is 0 Å². The van der Waals surface area contributed by atoms with Crippen LogP contribution in [0.4, 0.5) is 8.78 Å². The van der Waals surface area contributed by atoms with Crippen LogP contribution < -0.4 is 0 Å². The Bertz CT molecular complexity index is 496. The van der Waals surface area contributed by atoms with Crippen molar-refractivity contribution in [2.45, 2.75) is 0 Å². The molecule has 1 aromatic carbocycles. The zero-order valence-corrected chi connectivity index (χ0v) is 7.39. The van der Waals surface area contributed by atoms with Gasteiger partial charge in [0.2, 0.25) is 0 Å². The van der Waals surface area contributed by atoms with Crippen LogP contribution in [0.15, 0.2) is 30.9 Å². The second kappa shape index (κ2) is 3.56. The fraction of sp³-hybridized carbons (Fsp3) is 0. The van der Waals surface area contributed by atoms with Crippen LogP contribution in [0.3, 0.4) is 0 Å². The number of nitrogens with zero attached hydrogens (tertiary/aromatic N) is 3. The van der Waals surface area contributed by atoms with E-state index in [2.05, 4.69) is 10.1 Å². The summed E-state index contributed by atoms with van der Waals surface area (Å²) >= 11 is 0. The molecule has 1 heterocycles. The van der Waals surface area contributed by atoms with Crippen LogP contribution in [0.1, 0.15) is 10.4 Å². The maximum absolute atomic E-state index is 12.8. The summed E-state index contributed by atoms with van der Waals surface area (Å²) in [6.07, 6.45) is 2.36. The first-order chi connectivity index (χ1) is 7.18. The second-order valence-corrected chi connectivity index (χ2v) is 2.77. The number of aromatic nitrogens is 3. The van der Waals surface area contributed by atoms with Crippen LogP contribution in [0, 0.1) is 11.6 Å². The first-order valence-corrected chi connectivity index (χ1v) is 4.03. The van der Waals surface area contributed by atoms with Gasteiger partial charge in [-0.05, 0) is 18.2 Å². The Morgan fingerprint density at radius 1 is 1.27 bits per heavy atom. The fourth-order valence-electron chi connectivity index (χ4n) is 1.07. The molecule has 0 fully saturated rings. The van der Waals surface area contributed by atoms with Crippen LogP contribution >= 0.6 is 0 Å². The maximum atomic E-state index is 12.8. The summed E-state index contributed by atoms with van der Waals surface area (Å²) in [6.45, 7) is 0. The summed E-state index contributed by atoms with van der Waals surface area (Å²) in [5.41, 5.74) is 0.0133. The number of hydrogen-bond acceptors (Lipinski definition) is 3. The average Bonchev–Trinajstić information content (AvgIpc) is 2.74. The molecule has 15 heavy (non-hydrogen) atoms. The molecule has 0 saturated heterocycles. The summed E-state index contributed by atoms with van der Waals surface area (Å²) in [5.74, 6) is -2.63. The second-order valence-electron chi connectivity index (χ2n) is 2.77. The average molecular weight is 209 g/mol. The number of carbonyl (C=O) groups is 1. The van der Waals surface area contributed by atoms with Crippen molar-refractivity contribution in [3.8, 4) is 0 Å². The van der Waals surface area contributed by atoms with E-state index in [9.17, 15) is 13.6 Å². The Kier molecular flexibility index (Phi) is 2.24. The topological polar surface area (TPSA) is 47.8 Å². The highest BCUT2D eigenvalue weighted by Crippen LogP contribution is 2.09. The van der Waals surface area contributed by atoms with E-state index in [1.54, 1.807) is 0 Å². The molecule has 76 valence electrons. The molecule has 1 aromatic heterocycles. The third kappa shape index (κ3) is 1.74. The number of benzene rings is 1. The molecule has 0 spiro atoms. The predicted molar refractivity (Wildman–Crippen MR) is 46.1 cm³/mol. The van der Waals surface area contributed by atoms with Crippen molar-refractivity contribution in [2.75, 3.05) is 0 Å². The normalized spacial score (nSPS) is 10.3. The van der Waals surface area contributed by atoms with Crippen molar-refractivity contribution in [3.63, 3.8) is 0 Å². The zero-order chi connectivity index (χ0) is 10.8. The summed E-state index contributed by atoms with van der Waals surface area (Å²) in [5, 5.41) is 3.58. The zero-order valence-electron chi connectivity index (χ0n) is 7.39. The van der Waals surface area contributed by atoms with E-state index in [1.165, 1.54) is 18.7 Å². The Hall–Kier alpha value is -2.11. The highest BCUT2D eigenvalue weighted by atomic mass is 19.2. The first kappa shape index (κ1) is 9.45. The minimum Gasteiger partial charge on any atom is -0.267 e. The molecule has 0 radical (unpaired) electrons. The molecule has 4 nitrogen and oxygen atoms in total. The molecular weight excluding hydrogens is 204 g/mol. The van der Waals surface area contributed by atoms with E-state index in [-0.39, 0.29) is 5.56 Å². The van der Waals surface area contributed by atoms with E-state index in [1.807, 2.05) is 0 Å². The van der Waals surface area contributed by atoms with Crippen molar-refractivity contribution >= 4 is 5.91 Å². The molecule has 0 aliphatic carbocycles. The largest absolute Gasteiger partial charge is 0.279 e. The Morgan fingerprint density at radius 3 is 2.67 bits per heavy atom. The van der Waals surface area contributed by atoms with Crippen LogP contribution in [0.25, 0.3) is 0 Å². The van der Waals surface area contributed by atoms with E-state index in [0.29, 0.717) is 0 Å². The minimum absolute atomic E-state index is 0.0133. The van der Waals surface area contributed by atoms with Gasteiger partial charge in [-0.3, -0.25) is 4.79 Å². The molecule has 0 bridgehead atoms. The van der Waals surface area contributed by atoms with Crippen molar-refractivity contribution in [2.24, 2.45) is 0 Å². The Balaban J connectivity index is 2.39. The lowest BCUT2D eigenvalue weighted by molar-refractivity contribution is 0.0944. The molecule has 2 aromatic rings. The van der Waals surface area contributed by atoms with Crippen LogP contribution in [0.5, 0.6) is 0 Å². The molecule has 0 N–H and O–H groups in total. The fourth-order valence-corrected chi connectivity index (χ4v) is 1.07. The molecule has 0 saturated carbocycles. The molecule has 0 atom stereocenters. The van der Waals surface area contributed by atoms with E-state index in [4.69, 9.17) is 0 Å². The lowest BCUT2D eigenvalue weighted by Crippen LogP contribution is -2.12. The molecule has 0 unspecified atom stereocenters. The van der Waals surface area contributed by atoms with Gasteiger partial charge in [-0.25, -0.2) is 13.8 Å². The molecule has 6 heteroatoms. The van der Waals surface area contributed by atoms with Crippen LogP contribution in [-0.4, -0.2) is 20.7 Å². The van der Waals surface area contributed by atoms with Gasteiger partial charge in [-0.1, -0.05) is 0 Å². The lowest BCUT2D eigenvalue weighted by atomic mass is 10.2. The lowest BCUT2D eigenvalue weighted by Gasteiger charge is -1.99. The van der Waals surface area contributed by atoms with Crippen molar-refractivity contribution < 1.29 is 13.6 Å². The molecule has 2 rings (SSSR count). The highest BCUT2D eigenvalue weighted by molar-refractivity contribution is 5.95. The van der Waals surface area contributed by atoms with Crippen molar-refractivity contribution in [3.05, 3.63) is 48.1 Å². The van der Waals surface area contributed by atoms with E-state index < -0.39 is 17.5 Å². The summed E-state index contributed by atoms with van der Waals surface area (Å²) < 4.78 is 26.3. The van der Waals surface area contributed by atoms with E-state index in [0.717, 1.165) is 16.8 Å². The highest BCUT2D eigenvalue weighted by Gasteiger charge is 2.11. The Labute approximate surface area is 83.2 Å². The number of halogens is 2. The molecule has 0 aliphatic rings. The molecule has 0 aliphatic heterocycles. The smallest absolute Gasteiger partial charge is 0.267 e. The third-order valence-corrected chi connectivity index (χ3v) is 1.79. The quantitative estimate of drug-likeness (QED) is 0.710. The first-order valence-electron chi connectivity index (χ1n) is 4.03. The molecular formula is C9H5F2N3O. The van der Waals surface area contributed by atoms with Gasteiger partial charge in [0.05, 0.1) is 0 Å².